The summed E-state index contributed by atoms with van der Waals surface area (Å²) in [7, 11) is 0. The van der Waals surface area contributed by atoms with Gasteiger partial charge in [-0.3, -0.25) is 14.5 Å². The van der Waals surface area contributed by atoms with Crippen LogP contribution in [-0.2, 0) is 17.8 Å². The smallest absolute Gasteiger partial charge is 0.251 e. The van der Waals surface area contributed by atoms with Crippen LogP contribution in [0.3, 0.4) is 0 Å². The summed E-state index contributed by atoms with van der Waals surface area (Å²) in [6.45, 7) is 3.76. The van der Waals surface area contributed by atoms with E-state index in [1.165, 1.54) is 11.1 Å². The van der Waals surface area contributed by atoms with Gasteiger partial charge in [0.05, 0.1) is 0 Å². The Morgan fingerprint density at radius 1 is 0.963 bits per heavy atom. The molecule has 1 aliphatic heterocycles. The van der Waals surface area contributed by atoms with Gasteiger partial charge in [-0.15, -0.1) is 0 Å². The minimum Gasteiger partial charge on any atom is -0.355 e. The first-order valence-corrected chi connectivity index (χ1v) is 10.0. The summed E-state index contributed by atoms with van der Waals surface area (Å²) in [5.74, 6) is -0.203. The number of amides is 2. The fourth-order valence-electron chi connectivity index (χ4n) is 3.18. The molecule has 1 heterocycles. The molecule has 2 aromatic carbocycles. The standard InChI is InChI=1S/C21H24BrN3O2/c22-19-7-5-17(6-8-19)21(27)24-11-9-20(26)23-12-14-25-13-10-16-3-1-2-4-18(16)15-25/h1-8H,9-15H2,(H,23,26)(H,24,27). The van der Waals surface area contributed by atoms with Crippen LogP contribution in [0.5, 0.6) is 0 Å². The zero-order valence-corrected chi connectivity index (χ0v) is 16.8. The third-order valence-corrected chi connectivity index (χ3v) is 5.23. The van der Waals surface area contributed by atoms with Crippen molar-refractivity contribution in [2.45, 2.75) is 19.4 Å². The monoisotopic (exact) mass is 429 g/mol. The third kappa shape index (κ3) is 5.91. The van der Waals surface area contributed by atoms with Crippen LogP contribution < -0.4 is 10.6 Å². The summed E-state index contributed by atoms with van der Waals surface area (Å²) in [6.07, 6.45) is 1.34. The molecule has 0 aromatic heterocycles. The second kappa shape index (κ2) is 9.67. The SMILES string of the molecule is O=C(CCNC(=O)c1ccc(Br)cc1)NCCN1CCc2ccccc2C1. The number of nitrogens with one attached hydrogen (secondary N) is 2. The van der Waals surface area contributed by atoms with E-state index in [4.69, 9.17) is 0 Å². The normalized spacial score (nSPS) is 13.7. The van der Waals surface area contributed by atoms with E-state index in [1.807, 2.05) is 12.1 Å². The number of fused-ring (bicyclic) bond motifs is 1. The predicted octanol–water partition coefficient (Wildman–Crippen LogP) is 2.74. The lowest BCUT2D eigenvalue weighted by molar-refractivity contribution is -0.121. The van der Waals surface area contributed by atoms with Gasteiger partial charge in [-0.05, 0) is 41.8 Å². The molecule has 142 valence electrons. The maximum absolute atomic E-state index is 12.0. The van der Waals surface area contributed by atoms with Crippen LogP contribution in [0.25, 0.3) is 0 Å². The molecule has 2 N–H and O–H groups in total. The molecule has 5 nitrogen and oxygen atoms in total. The average molecular weight is 430 g/mol. The van der Waals surface area contributed by atoms with Gasteiger partial charge in [-0.1, -0.05) is 40.2 Å². The van der Waals surface area contributed by atoms with Crippen molar-refractivity contribution in [2.75, 3.05) is 26.2 Å². The molecule has 0 atom stereocenters. The van der Waals surface area contributed by atoms with Crippen LogP contribution in [0, 0.1) is 0 Å². The van der Waals surface area contributed by atoms with Crippen molar-refractivity contribution < 1.29 is 9.59 Å². The number of benzene rings is 2. The van der Waals surface area contributed by atoms with E-state index in [0.717, 1.165) is 30.5 Å². The molecule has 0 saturated carbocycles. The number of halogens is 1. The minimum absolute atomic E-state index is 0.0384. The van der Waals surface area contributed by atoms with Gasteiger partial charge in [0.2, 0.25) is 5.91 Å². The Morgan fingerprint density at radius 2 is 1.70 bits per heavy atom. The molecule has 0 aliphatic carbocycles. The van der Waals surface area contributed by atoms with Crippen LogP contribution in [-0.4, -0.2) is 42.9 Å². The minimum atomic E-state index is -0.165. The fraction of sp³-hybridized carbons (Fsp3) is 0.333. The summed E-state index contributed by atoms with van der Waals surface area (Å²) in [5, 5.41) is 5.71. The van der Waals surface area contributed by atoms with Crippen molar-refractivity contribution in [1.29, 1.82) is 0 Å². The largest absolute Gasteiger partial charge is 0.355 e. The van der Waals surface area contributed by atoms with Gasteiger partial charge in [-0.2, -0.15) is 0 Å². The zero-order chi connectivity index (χ0) is 19.1. The van der Waals surface area contributed by atoms with Gasteiger partial charge in [0.25, 0.3) is 5.91 Å². The van der Waals surface area contributed by atoms with Gasteiger partial charge in [0.1, 0.15) is 0 Å². The van der Waals surface area contributed by atoms with Crippen molar-refractivity contribution >= 4 is 27.7 Å². The molecule has 0 radical (unpaired) electrons. The molecule has 0 saturated heterocycles. The molecular formula is C21H24BrN3O2. The molecule has 27 heavy (non-hydrogen) atoms. The highest BCUT2D eigenvalue weighted by Gasteiger charge is 2.15. The van der Waals surface area contributed by atoms with Gasteiger partial charge < -0.3 is 10.6 Å². The summed E-state index contributed by atoms with van der Waals surface area (Å²) >= 11 is 3.34. The van der Waals surface area contributed by atoms with Crippen LogP contribution in [0.2, 0.25) is 0 Å². The molecule has 0 unspecified atom stereocenters. The maximum atomic E-state index is 12.0. The van der Waals surface area contributed by atoms with Crippen molar-refractivity contribution in [3.8, 4) is 0 Å². The third-order valence-electron chi connectivity index (χ3n) is 4.70. The lowest BCUT2D eigenvalue weighted by atomic mass is 10.00. The first kappa shape index (κ1) is 19.6. The second-order valence-corrected chi connectivity index (χ2v) is 7.57. The number of carbonyl (C=O) groups is 2. The van der Waals surface area contributed by atoms with Crippen molar-refractivity contribution in [3.05, 3.63) is 69.7 Å². The van der Waals surface area contributed by atoms with Gasteiger partial charge >= 0.3 is 0 Å². The lowest BCUT2D eigenvalue weighted by Gasteiger charge is -2.28. The van der Waals surface area contributed by atoms with E-state index >= 15 is 0 Å². The Balaban J connectivity index is 1.31. The fourth-order valence-corrected chi connectivity index (χ4v) is 3.44. The Bertz CT molecular complexity index is 792. The number of hydrogen-bond acceptors (Lipinski definition) is 3. The molecule has 0 fully saturated rings. The maximum Gasteiger partial charge on any atom is 0.251 e. The Hall–Kier alpha value is -2.18. The highest BCUT2D eigenvalue weighted by Crippen LogP contribution is 2.17. The predicted molar refractivity (Wildman–Crippen MR) is 110 cm³/mol. The molecule has 2 amide bonds. The molecule has 6 heteroatoms. The molecule has 1 aliphatic rings. The van der Waals surface area contributed by atoms with Crippen LogP contribution >= 0.6 is 15.9 Å². The topological polar surface area (TPSA) is 61.4 Å². The molecule has 0 bridgehead atoms. The molecular weight excluding hydrogens is 406 g/mol. The summed E-state index contributed by atoms with van der Waals surface area (Å²) in [6, 6.07) is 15.7. The number of rotatable bonds is 7. The first-order chi connectivity index (χ1) is 13.1. The van der Waals surface area contributed by atoms with E-state index in [-0.39, 0.29) is 18.2 Å². The van der Waals surface area contributed by atoms with E-state index in [2.05, 4.69) is 55.7 Å². The van der Waals surface area contributed by atoms with E-state index in [1.54, 1.807) is 12.1 Å². The highest BCUT2D eigenvalue weighted by atomic mass is 79.9. The molecule has 3 rings (SSSR count). The Labute approximate surface area is 168 Å². The van der Waals surface area contributed by atoms with Crippen molar-refractivity contribution in [1.82, 2.24) is 15.5 Å². The summed E-state index contributed by atoms with van der Waals surface area (Å²) in [5.41, 5.74) is 3.40. The van der Waals surface area contributed by atoms with Crippen LogP contribution in [0.1, 0.15) is 27.9 Å². The number of carbonyl (C=O) groups excluding carboxylic acids is 2. The first-order valence-electron chi connectivity index (χ1n) is 9.21. The lowest BCUT2D eigenvalue weighted by Crippen LogP contribution is -2.38. The summed E-state index contributed by atoms with van der Waals surface area (Å²) in [4.78, 5) is 26.3. The highest BCUT2D eigenvalue weighted by molar-refractivity contribution is 9.10. The average Bonchev–Trinajstić information content (AvgIpc) is 2.68. The number of nitrogens with zero attached hydrogens (tertiary/aromatic N) is 1. The quantitative estimate of drug-likeness (QED) is 0.710. The number of hydrogen-bond donors (Lipinski definition) is 2. The van der Waals surface area contributed by atoms with Crippen molar-refractivity contribution in [3.63, 3.8) is 0 Å². The zero-order valence-electron chi connectivity index (χ0n) is 15.2. The Kier molecular flexibility index (Phi) is 7.01. The summed E-state index contributed by atoms with van der Waals surface area (Å²) < 4.78 is 0.927. The van der Waals surface area contributed by atoms with E-state index < -0.39 is 0 Å². The van der Waals surface area contributed by atoms with Gasteiger partial charge in [0, 0.05) is 49.2 Å². The van der Waals surface area contributed by atoms with Crippen LogP contribution in [0.15, 0.2) is 53.0 Å². The van der Waals surface area contributed by atoms with Crippen molar-refractivity contribution in [2.24, 2.45) is 0 Å². The van der Waals surface area contributed by atoms with E-state index in [0.29, 0.717) is 18.7 Å². The van der Waals surface area contributed by atoms with Gasteiger partial charge in [0.15, 0.2) is 0 Å². The van der Waals surface area contributed by atoms with E-state index in [9.17, 15) is 9.59 Å². The molecule has 0 spiro atoms. The second-order valence-electron chi connectivity index (χ2n) is 6.66. The van der Waals surface area contributed by atoms with Gasteiger partial charge in [-0.25, -0.2) is 0 Å². The Morgan fingerprint density at radius 3 is 2.48 bits per heavy atom. The van der Waals surface area contributed by atoms with Crippen LogP contribution in [0.4, 0.5) is 0 Å². The molecule has 2 aromatic rings.